The second-order valence-corrected chi connectivity index (χ2v) is 4.98. The van der Waals surface area contributed by atoms with Gasteiger partial charge in [0, 0.05) is 13.2 Å². The Hall–Kier alpha value is -1.46. The predicted molar refractivity (Wildman–Crippen MR) is 69.3 cm³/mol. The maximum absolute atomic E-state index is 12.7. The van der Waals surface area contributed by atoms with E-state index in [0.717, 1.165) is 10.8 Å². The van der Waals surface area contributed by atoms with Crippen LogP contribution in [0, 0.1) is 0 Å². The normalized spacial score (nSPS) is 29.5. The van der Waals surface area contributed by atoms with Crippen molar-refractivity contribution in [3.05, 3.63) is 30.1 Å². The lowest BCUT2D eigenvalue weighted by atomic mass is 10.0. The largest absolute Gasteiger partial charge is 0.347 e. The first-order valence-corrected chi connectivity index (χ1v) is 6.13. The molecule has 0 saturated carbocycles. The first kappa shape index (κ1) is 13.0. The summed E-state index contributed by atoms with van der Waals surface area (Å²) >= 11 is 0. The molecule has 1 radical (unpaired) electrons. The molecule has 5 nitrogen and oxygen atoms in total. The van der Waals surface area contributed by atoms with E-state index in [2.05, 4.69) is 15.3 Å². The van der Waals surface area contributed by atoms with Gasteiger partial charge in [0.2, 0.25) is 0 Å². The Morgan fingerprint density at radius 2 is 2.17 bits per heavy atom. The molecule has 0 bridgehead atoms. The van der Waals surface area contributed by atoms with E-state index >= 15 is 0 Å². The van der Waals surface area contributed by atoms with Crippen molar-refractivity contribution in [3.63, 3.8) is 0 Å². The smallest absolute Gasteiger partial charge is 0.162 e. The molecule has 1 aromatic rings. The molecule has 1 aliphatic heterocycles. The summed E-state index contributed by atoms with van der Waals surface area (Å²) in [6, 6.07) is 5.61. The number of hydrogen-bond donors (Lipinski definition) is 1. The van der Waals surface area contributed by atoms with E-state index in [4.69, 9.17) is 0 Å². The minimum absolute atomic E-state index is 0.621. The van der Waals surface area contributed by atoms with Crippen LogP contribution in [0.3, 0.4) is 0 Å². The van der Waals surface area contributed by atoms with Crippen LogP contribution in [0.15, 0.2) is 29.4 Å². The summed E-state index contributed by atoms with van der Waals surface area (Å²) in [4.78, 5) is 8.52. The van der Waals surface area contributed by atoms with Crippen molar-refractivity contribution >= 4 is 5.84 Å². The van der Waals surface area contributed by atoms with Crippen LogP contribution in [0.2, 0.25) is 0 Å². The van der Waals surface area contributed by atoms with Crippen LogP contribution in [0.4, 0.5) is 0 Å². The second kappa shape index (κ2) is 4.33. The van der Waals surface area contributed by atoms with Gasteiger partial charge in [-0.2, -0.15) is 0 Å². The average Bonchev–Trinajstić information content (AvgIpc) is 2.60. The van der Waals surface area contributed by atoms with Gasteiger partial charge >= 0.3 is 0 Å². The minimum Gasteiger partial charge on any atom is -0.347 e. The summed E-state index contributed by atoms with van der Waals surface area (Å²) in [6.45, 7) is 5.71. The van der Waals surface area contributed by atoms with Crippen LogP contribution < -0.4 is 5.32 Å². The third-order valence-electron chi connectivity index (χ3n) is 3.58. The number of aromatic nitrogens is 1. The fourth-order valence-electron chi connectivity index (χ4n) is 2.49. The van der Waals surface area contributed by atoms with Crippen LogP contribution >= 0.6 is 0 Å². The molecule has 1 N–H and O–H groups in total. The van der Waals surface area contributed by atoms with Crippen molar-refractivity contribution in [2.75, 3.05) is 7.05 Å². The third kappa shape index (κ3) is 1.62. The molecule has 1 fully saturated rings. The van der Waals surface area contributed by atoms with Gasteiger partial charge in [-0.25, -0.2) is 0 Å². The maximum atomic E-state index is 12.7. The first-order chi connectivity index (χ1) is 8.49. The molecule has 2 rings (SSSR count). The fourth-order valence-corrected chi connectivity index (χ4v) is 2.49. The lowest BCUT2D eigenvalue weighted by Gasteiger charge is -2.34. The highest BCUT2D eigenvalue weighted by Crippen LogP contribution is 2.38. The zero-order chi connectivity index (χ0) is 13.4. The first-order valence-electron chi connectivity index (χ1n) is 6.13. The molecule has 18 heavy (non-hydrogen) atoms. The zero-order valence-electron chi connectivity index (χ0n) is 11.3. The summed E-state index contributed by atoms with van der Waals surface area (Å²) in [7, 11) is 1.70. The number of aliphatic imine (C=N–C) groups is 1. The summed E-state index contributed by atoms with van der Waals surface area (Å²) in [5.74, 6) is 0.699. The Morgan fingerprint density at radius 1 is 1.44 bits per heavy atom. The molecule has 1 atom stereocenters. The Balaban J connectivity index is 2.54. The van der Waals surface area contributed by atoms with E-state index in [-0.39, 0.29) is 0 Å². The summed E-state index contributed by atoms with van der Waals surface area (Å²) in [5, 5.41) is 17.0. The molecular formula is C13H19N4O. The van der Waals surface area contributed by atoms with Gasteiger partial charge in [-0.1, -0.05) is 13.0 Å². The topological polar surface area (TPSA) is 60.4 Å². The van der Waals surface area contributed by atoms with Crippen LogP contribution in [-0.4, -0.2) is 28.5 Å². The molecule has 0 aromatic carbocycles. The number of hydroxylamine groups is 2. The lowest BCUT2D eigenvalue weighted by molar-refractivity contribution is -0.258. The van der Waals surface area contributed by atoms with Crippen molar-refractivity contribution in [1.82, 2.24) is 15.4 Å². The summed E-state index contributed by atoms with van der Waals surface area (Å²) in [6.07, 6.45) is 2.33. The van der Waals surface area contributed by atoms with Crippen molar-refractivity contribution < 1.29 is 5.21 Å². The molecule has 0 spiro atoms. The van der Waals surface area contributed by atoms with Crippen LogP contribution in [0.25, 0.3) is 0 Å². The van der Waals surface area contributed by atoms with Crippen LogP contribution in [0.5, 0.6) is 0 Å². The molecule has 1 saturated heterocycles. The molecular weight excluding hydrogens is 228 g/mol. The highest BCUT2D eigenvalue weighted by molar-refractivity contribution is 5.93. The molecule has 0 aliphatic carbocycles. The van der Waals surface area contributed by atoms with E-state index in [1.165, 1.54) is 0 Å². The predicted octanol–water partition coefficient (Wildman–Crippen LogP) is 1.70. The van der Waals surface area contributed by atoms with Gasteiger partial charge in [0.05, 0.1) is 5.69 Å². The highest BCUT2D eigenvalue weighted by atomic mass is 16.5. The summed E-state index contributed by atoms with van der Waals surface area (Å²) in [5.41, 5.74) is -0.753. The van der Waals surface area contributed by atoms with Crippen molar-refractivity contribution in [2.24, 2.45) is 4.99 Å². The highest BCUT2D eigenvalue weighted by Gasteiger charge is 2.56. The van der Waals surface area contributed by atoms with E-state index < -0.39 is 11.2 Å². The van der Waals surface area contributed by atoms with Gasteiger partial charge < -0.3 is 5.32 Å². The second-order valence-electron chi connectivity index (χ2n) is 4.98. The Morgan fingerprint density at radius 3 is 2.61 bits per heavy atom. The van der Waals surface area contributed by atoms with Crippen molar-refractivity contribution in [3.8, 4) is 0 Å². The van der Waals surface area contributed by atoms with E-state index in [9.17, 15) is 5.21 Å². The number of nitrogens with zero attached hydrogens (tertiary/aromatic N) is 3. The Bertz CT molecular complexity index is 457. The van der Waals surface area contributed by atoms with Gasteiger partial charge in [-0.3, -0.25) is 9.98 Å². The van der Waals surface area contributed by atoms with Crippen LogP contribution in [-0.2, 0) is 10.9 Å². The van der Waals surface area contributed by atoms with Gasteiger partial charge in [-0.15, -0.1) is 10.3 Å². The van der Waals surface area contributed by atoms with E-state index in [1.807, 2.05) is 39.0 Å². The van der Waals surface area contributed by atoms with E-state index in [1.54, 1.807) is 13.2 Å². The maximum Gasteiger partial charge on any atom is 0.162 e. The molecule has 1 aliphatic rings. The third-order valence-corrected chi connectivity index (χ3v) is 3.58. The number of rotatable bonds is 2. The lowest BCUT2D eigenvalue weighted by Crippen LogP contribution is -2.50. The monoisotopic (exact) mass is 247 g/mol. The van der Waals surface area contributed by atoms with Gasteiger partial charge in [0.25, 0.3) is 0 Å². The SMILES string of the molecule is CCC1(c2ccccn2)NC(=NC)C(C)(C)N1[O]. The van der Waals surface area contributed by atoms with Crippen LogP contribution in [0.1, 0.15) is 32.9 Å². The fraction of sp³-hybridized carbons (Fsp3) is 0.538. The standard InChI is InChI=1S/C13H19N4O/c1-5-13(10-8-6-7-9-15-10)16-11(14-4)12(2,3)17(13)18/h6-9H,5H2,1-4H3,(H,14,16). The van der Waals surface area contributed by atoms with Gasteiger partial charge in [-0.05, 0) is 32.4 Å². The van der Waals surface area contributed by atoms with Gasteiger partial charge in [0.1, 0.15) is 11.4 Å². The zero-order valence-corrected chi connectivity index (χ0v) is 11.3. The molecule has 0 amide bonds. The average molecular weight is 247 g/mol. The Kier molecular flexibility index (Phi) is 3.12. The van der Waals surface area contributed by atoms with E-state index in [0.29, 0.717) is 12.3 Å². The van der Waals surface area contributed by atoms with Crippen molar-refractivity contribution in [2.45, 2.75) is 38.4 Å². The Labute approximate surface area is 108 Å². The molecule has 97 valence electrons. The molecule has 2 heterocycles. The van der Waals surface area contributed by atoms with Gasteiger partial charge in [0.15, 0.2) is 5.66 Å². The number of amidine groups is 1. The molecule has 1 unspecified atom stereocenters. The molecule has 1 aromatic heterocycles. The van der Waals surface area contributed by atoms with Crippen molar-refractivity contribution in [1.29, 1.82) is 0 Å². The number of nitrogens with one attached hydrogen (secondary N) is 1. The molecule has 5 heteroatoms. The minimum atomic E-state index is -0.820. The summed E-state index contributed by atoms with van der Waals surface area (Å²) < 4.78 is 0. The quantitative estimate of drug-likeness (QED) is 0.865. The number of hydrogen-bond acceptors (Lipinski definition) is 3. The number of pyridine rings is 1.